The number of hydrogen-bond donors (Lipinski definition) is 0. The van der Waals surface area contributed by atoms with E-state index in [1.165, 1.54) is 0 Å². The molecule has 0 aliphatic carbocycles. The van der Waals surface area contributed by atoms with Crippen LogP contribution < -0.4 is 0 Å². The standard InChI is InChI=1S/C10H19N3/c1-8(2)6-9(3)12-13-10(4,5)7-11/h8-9H,6H2,1-5H3/b13-12+. The third-order valence-electron chi connectivity index (χ3n) is 1.59. The molecule has 74 valence electrons. The minimum Gasteiger partial charge on any atom is -0.196 e. The van der Waals surface area contributed by atoms with Crippen molar-refractivity contribution >= 4 is 0 Å². The monoisotopic (exact) mass is 181 g/mol. The number of nitriles is 1. The van der Waals surface area contributed by atoms with Crippen LogP contribution in [0, 0.1) is 17.2 Å². The zero-order valence-corrected chi connectivity index (χ0v) is 9.20. The van der Waals surface area contributed by atoms with E-state index >= 15 is 0 Å². The largest absolute Gasteiger partial charge is 0.196 e. The molecule has 0 heterocycles. The van der Waals surface area contributed by atoms with Crippen molar-refractivity contribution in [3.05, 3.63) is 0 Å². The molecule has 0 saturated heterocycles. The molecule has 0 aliphatic heterocycles. The summed E-state index contributed by atoms with van der Waals surface area (Å²) in [5, 5.41) is 16.8. The highest BCUT2D eigenvalue weighted by atomic mass is 15.2. The lowest BCUT2D eigenvalue weighted by Crippen LogP contribution is -2.13. The van der Waals surface area contributed by atoms with E-state index in [2.05, 4.69) is 30.1 Å². The summed E-state index contributed by atoms with van der Waals surface area (Å²) in [6.07, 6.45) is 1.02. The zero-order chi connectivity index (χ0) is 10.5. The van der Waals surface area contributed by atoms with Crippen molar-refractivity contribution in [2.45, 2.75) is 52.6 Å². The molecule has 3 heteroatoms. The first-order valence-electron chi connectivity index (χ1n) is 4.70. The third kappa shape index (κ3) is 6.27. The Morgan fingerprint density at radius 3 is 2.23 bits per heavy atom. The van der Waals surface area contributed by atoms with Crippen LogP contribution in [0.1, 0.15) is 41.0 Å². The van der Waals surface area contributed by atoms with E-state index in [-0.39, 0.29) is 6.04 Å². The summed E-state index contributed by atoms with van der Waals surface area (Å²) in [6.45, 7) is 9.86. The van der Waals surface area contributed by atoms with Gasteiger partial charge in [0.1, 0.15) is 0 Å². The minimum absolute atomic E-state index is 0.215. The second-order valence-corrected chi connectivity index (χ2v) is 4.36. The molecule has 0 saturated carbocycles. The summed E-state index contributed by atoms with van der Waals surface area (Å²) >= 11 is 0. The molecule has 1 atom stereocenters. The van der Waals surface area contributed by atoms with Gasteiger partial charge in [-0.05, 0) is 33.1 Å². The Balaban J connectivity index is 4.06. The predicted molar refractivity (Wildman–Crippen MR) is 53.5 cm³/mol. The van der Waals surface area contributed by atoms with Gasteiger partial charge in [0.05, 0.1) is 12.1 Å². The maximum Gasteiger partial charge on any atom is 0.161 e. The van der Waals surface area contributed by atoms with Crippen LogP contribution in [0.2, 0.25) is 0 Å². The zero-order valence-electron chi connectivity index (χ0n) is 9.20. The maximum atomic E-state index is 8.69. The molecule has 0 fully saturated rings. The van der Waals surface area contributed by atoms with Crippen LogP contribution in [0.5, 0.6) is 0 Å². The first-order chi connectivity index (χ1) is 5.87. The molecular weight excluding hydrogens is 162 g/mol. The lowest BCUT2D eigenvalue weighted by molar-refractivity contribution is 0.485. The van der Waals surface area contributed by atoms with Gasteiger partial charge in [-0.1, -0.05) is 13.8 Å². The number of hydrogen-bond acceptors (Lipinski definition) is 3. The molecular formula is C10H19N3. The molecule has 0 radical (unpaired) electrons. The average molecular weight is 181 g/mol. The van der Waals surface area contributed by atoms with E-state index in [0.29, 0.717) is 5.92 Å². The lowest BCUT2D eigenvalue weighted by atomic mass is 10.1. The molecule has 0 bridgehead atoms. The first-order valence-corrected chi connectivity index (χ1v) is 4.70. The number of nitrogens with zero attached hydrogens (tertiary/aromatic N) is 3. The van der Waals surface area contributed by atoms with Crippen LogP contribution in [0.15, 0.2) is 10.2 Å². The van der Waals surface area contributed by atoms with E-state index in [1.54, 1.807) is 13.8 Å². The fourth-order valence-corrected chi connectivity index (χ4v) is 0.995. The topological polar surface area (TPSA) is 48.5 Å². The predicted octanol–water partition coefficient (Wildman–Crippen LogP) is 3.18. The van der Waals surface area contributed by atoms with E-state index < -0.39 is 5.54 Å². The van der Waals surface area contributed by atoms with Crippen LogP contribution >= 0.6 is 0 Å². The highest BCUT2D eigenvalue weighted by Gasteiger charge is 2.14. The van der Waals surface area contributed by atoms with E-state index in [0.717, 1.165) is 6.42 Å². The van der Waals surface area contributed by atoms with Gasteiger partial charge >= 0.3 is 0 Å². The molecule has 1 unspecified atom stereocenters. The van der Waals surface area contributed by atoms with Crippen LogP contribution in [0.3, 0.4) is 0 Å². The second-order valence-electron chi connectivity index (χ2n) is 4.36. The van der Waals surface area contributed by atoms with E-state index in [9.17, 15) is 0 Å². The Kier molecular flexibility index (Phi) is 4.61. The van der Waals surface area contributed by atoms with E-state index in [4.69, 9.17) is 5.26 Å². The highest BCUT2D eigenvalue weighted by molar-refractivity contribution is 4.99. The van der Waals surface area contributed by atoms with Gasteiger partial charge < -0.3 is 0 Å². The van der Waals surface area contributed by atoms with E-state index in [1.807, 2.05) is 6.92 Å². The van der Waals surface area contributed by atoms with Gasteiger partial charge in [0.25, 0.3) is 0 Å². The Hall–Kier alpha value is -0.910. The fourth-order valence-electron chi connectivity index (χ4n) is 0.995. The first kappa shape index (κ1) is 12.1. The number of rotatable bonds is 4. The summed E-state index contributed by atoms with van der Waals surface area (Å²) in [7, 11) is 0. The molecule has 0 aliphatic rings. The van der Waals surface area contributed by atoms with Crippen LogP contribution in [-0.4, -0.2) is 11.6 Å². The Morgan fingerprint density at radius 1 is 1.31 bits per heavy atom. The molecule has 0 amide bonds. The van der Waals surface area contributed by atoms with Crippen LogP contribution in [0.4, 0.5) is 0 Å². The van der Waals surface area contributed by atoms with Gasteiger partial charge in [0, 0.05) is 0 Å². The molecule has 0 aromatic rings. The molecule has 0 spiro atoms. The smallest absolute Gasteiger partial charge is 0.161 e. The van der Waals surface area contributed by atoms with Gasteiger partial charge in [-0.3, -0.25) is 0 Å². The summed E-state index contributed by atoms with van der Waals surface area (Å²) in [5.74, 6) is 0.624. The van der Waals surface area contributed by atoms with Crippen LogP contribution in [0.25, 0.3) is 0 Å². The van der Waals surface area contributed by atoms with Crippen molar-refractivity contribution in [2.24, 2.45) is 16.1 Å². The van der Waals surface area contributed by atoms with Crippen molar-refractivity contribution in [1.82, 2.24) is 0 Å². The van der Waals surface area contributed by atoms with Gasteiger partial charge in [-0.2, -0.15) is 15.5 Å². The Bertz CT molecular complexity index is 211. The van der Waals surface area contributed by atoms with Crippen molar-refractivity contribution in [3.63, 3.8) is 0 Å². The molecule has 3 nitrogen and oxygen atoms in total. The van der Waals surface area contributed by atoms with Crippen molar-refractivity contribution in [1.29, 1.82) is 5.26 Å². The summed E-state index contributed by atoms with van der Waals surface area (Å²) in [5.41, 5.74) is -0.675. The minimum atomic E-state index is -0.675. The molecule has 0 aromatic carbocycles. The summed E-state index contributed by atoms with van der Waals surface area (Å²) < 4.78 is 0. The van der Waals surface area contributed by atoms with Crippen molar-refractivity contribution < 1.29 is 0 Å². The molecule has 0 N–H and O–H groups in total. The van der Waals surface area contributed by atoms with Crippen molar-refractivity contribution in [3.8, 4) is 6.07 Å². The number of azo groups is 1. The van der Waals surface area contributed by atoms with Gasteiger partial charge in [-0.15, -0.1) is 0 Å². The Morgan fingerprint density at radius 2 is 1.85 bits per heavy atom. The molecule has 0 rings (SSSR count). The Labute approximate surface area is 80.9 Å². The third-order valence-corrected chi connectivity index (χ3v) is 1.59. The van der Waals surface area contributed by atoms with Gasteiger partial charge in [0.2, 0.25) is 0 Å². The quantitative estimate of drug-likeness (QED) is 0.614. The fraction of sp³-hybridized carbons (Fsp3) is 0.900. The van der Waals surface area contributed by atoms with Gasteiger partial charge in [0.15, 0.2) is 5.54 Å². The van der Waals surface area contributed by atoms with Gasteiger partial charge in [-0.25, -0.2) is 0 Å². The molecule has 13 heavy (non-hydrogen) atoms. The van der Waals surface area contributed by atoms with Crippen molar-refractivity contribution in [2.75, 3.05) is 0 Å². The second kappa shape index (κ2) is 4.96. The summed E-state index contributed by atoms with van der Waals surface area (Å²) in [6, 6.07) is 2.30. The summed E-state index contributed by atoms with van der Waals surface area (Å²) in [4.78, 5) is 0. The SMILES string of the molecule is CC(C)CC(C)/N=N/C(C)(C)C#N. The van der Waals surface area contributed by atoms with Crippen LogP contribution in [-0.2, 0) is 0 Å². The maximum absolute atomic E-state index is 8.69. The lowest BCUT2D eigenvalue weighted by Gasteiger charge is -2.11. The average Bonchev–Trinajstić information content (AvgIpc) is 2.00. The highest BCUT2D eigenvalue weighted by Crippen LogP contribution is 2.12. The molecule has 0 aromatic heterocycles. The normalized spacial score (nSPS) is 14.8.